The van der Waals surface area contributed by atoms with Crippen molar-refractivity contribution in [2.75, 3.05) is 32.8 Å². The molecule has 0 aromatic heterocycles. The van der Waals surface area contributed by atoms with Crippen molar-refractivity contribution in [1.82, 2.24) is 10.2 Å². The summed E-state index contributed by atoms with van der Waals surface area (Å²) in [5.74, 6) is 0. The molecule has 2 aliphatic rings. The maximum Gasteiger partial charge on any atom is 0.0593 e. The molecule has 1 spiro atoms. The van der Waals surface area contributed by atoms with Gasteiger partial charge in [0.25, 0.3) is 0 Å². The lowest BCUT2D eigenvalue weighted by Gasteiger charge is -2.54. The van der Waals surface area contributed by atoms with Crippen molar-refractivity contribution in [3.8, 4) is 0 Å². The van der Waals surface area contributed by atoms with Crippen LogP contribution in [0.4, 0.5) is 0 Å². The minimum Gasteiger partial charge on any atom is -0.380 e. The van der Waals surface area contributed by atoms with Gasteiger partial charge in [-0.05, 0) is 24.7 Å². The van der Waals surface area contributed by atoms with Gasteiger partial charge < -0.3 is 10.1 Å². The van der Waals surface area contributed by atoms with Gasteiger partial charge in [0.15, 0.2) is 0 Å². The van der Waals surface area contributed by atoms with Crippen LogP contribution in [0, 0.1) is 5.41 Å². The van der Waals surface area contributed by atoms with Crippen LogP contribution in [0.1, 0.15) is 66.2 Å². The number of nitrogens with zero attached hydrogens (tertiary/aromatic N) is 1. The summed E-state index contributed by atoms with van der Waals surface area (Å²) < 4.78 is 5.78. The molecule has 1 aliphatic carbocycles. The normalized spacial score (nSPS) is 27.1. The fourth-order valence-corrected chi connectivity index (χ4v) is 3.94. The van der Waals surface area contributed by atoms with Crippen LogP contribution in [0.3, 0.4) is 0 Å². The van der Waals surface area contributed by atoms with Crippen LogP contribution in [0.5, 0.6) is 0 Å². The molecule has 1 heterocycles. The molecule has 0 aromatic carbocycles. The lowest BCUT2D eigenvalue weighted by molar-refractivity contribution is -0.0270. The van der Waals surface area contributed by atoms with Crippen LogP contribution in [0.15, 0.2) is 0 Å². The number of piperazine rings is 1. The second-order valence-corrected chi connectivity index (χ2v) is 8.14. The lowest BCUT2D eigenvalue weighted by Crippen LogP contribution is -2.67. The number of hydrogen-bond acceptors (Lipinski definition) is 3. The van der Waals surface area contributed by atoms with E-state index in [9.17, 15) is 0 Å². The van der Waals surface area contributed by atoms with Crippen LogP contribution in [-0.4, -0.2) is 49.3 Å². The lowest BCUT2D eigenvalue weighted by atomic mass is 9.75. The van der Waals surface area contributed by atoms with Gasteiger partial charge in [-0.3, -0.25) is 4.90 Å². The Morgan fingerprint density at radius 3 is 2.48 bits per heavy atom. The summed E-state index contributed by atoms with van der Waals surface area (Å²) in [6.45, 7) is 14.5. The molecule has 1 unspecified atom stereocenters. The Hall–Kier alpha value is -0.120. The summed E-state index contributed by atoms with van der Waals surface area (Å²) >= 11 is 0. The quantitative estimate of drug-likeness (QED) is 0.787. The van der Waals surface area contributed by atoms with Crippen molar-refractivity contribution in [2.24, 2.45) is 5.41 Å². The third kappa shape index (κ3) is 4.43. The van der Waals surface area contributed by atoms with Crippen LogP contribution in [0.2, 0.25) is 0 Å². The Morgan fingerprint density at radius 2 is 1.86 bits per heavy atom. The van der Waals surface area contributed by atoms with Gasteiger partial charge in [-0.25, -0.2) is 0 Å². The zero-order chi connectivity index (χ0) is 15.3. The molecule has 0 bridgehead atoms. The topological polar surface area (TPSA) is 24.5 Å². The summed E-state index contributed by atoms with van der Waals surface area (Å²) in [5, 5.41) is 3.87. The molecule has 0 aromatic rings. The molecule has 3 heteroatoms. The van der Waals surface area contributed by atoms with Gasteiger partial charge >= 0.3 is 0 Å². The van der Waals surface area contributed by atoms with E-state index in [1.54, 1.807) is 0 Å². The molecule has 0 radical (unpaired) electrons. The largest absolute Gasteiger partial charge is 0.380 e. The summed E-state index contributed by atoms with van der Waals surface area (Å²) in [5.41, 5.74) is 0.744. The van der Waals surface area contributed by atoms with E-state index in [4.69, 9.17) is 4.74 Å². The number of ether oxygens (including phenoxy) is 1. The van der Waals surface area contributed by atoms with Crippen molar-refractivity contribution in [3.63, 3.8) is 0 Å². The molecular weight excluding hydrogens is 260 g/mol. The first-order valence-corrected chi connectivity index (χ1v) is 9.04. The molecule has 2 rings (SSSR count). The van der Waals surface area contributed by atoms with E-state index in [1.165, 1.54) is 45.2 Å². The van der Waals surface area contributed by atoms with E-state index >= 15 is 0 Å². The Balaban J connectivity index is 1.99. The number of nitrogens with one attached hydrogen (secondary N) is 1. The molecule has 124 valence electrons. The highest BCUT2D eigenvalue weighted by molar-refractivity contribution is 5.02. The van der Waals surface area contributed by atoms with Crippen molar-refractivity contribution in [1.29, 1.82) is 0 Å². The summed E-state index contributed by atoms with van der Waals surface area (Å²) in [7, 11) is 0. The van der Waals surface area contributed by atoms with Crippen LogP contribution >= 0.6 is 0 Å². The van der Waals surface area contributed by atoms with E-state index in [-0.39, 0.29) is 0 Å². The van der Waals surface area contributed by atoms with Gasteiger partial charge in [0.1, 0.15) is 0 Å². The highest BCUT2D eigenvalue weighted by Crippen LogP contribution is 2.37. The smallest absolute Gasteiger partial charge is 0.0593 e. The third-order valence-electron chi connectivity index (χ3n) is 5.43. The van der Waals surface area contributed by atoms with Crippen molar-refractivity contribution < 1.29 is 4.74 Å². The van der Waals surface area contributed by atoms with E-state index in [1.807, 2.05) is 0 Å². The Kier molecular flexibility index (Phi) is 6.10. The Morgan fingerprint density at radius 1 is 1.14 bits per heavy atom. The molecule has 2 fully saturated rings. The second kappa shape index (κ2) is 7.43. The fourth-order valence-electron chi connectivity index (χ4n) is 3.94. The first-order valence-electron chi connectivity index (χ1n) is 9.04. The van der Waals surface area contributed by atoms with Crippen LogP contribution in [-0.2, 0) is 4.74 Å². The first-order chi connectivity index (χ1) is 9.98. The van der Waals surface area contributed by atoms with Gasteiger partial charge in [-0.1, -0.05) is 47.0 Å². The summed E-state index contributed by atoms with van der Waals surface area (Å²) in [4.78, 5) is 2.77. The number of rotatable bonds is 5. The molecule has 1 atom stereocenters. The molecule has 1 N–H and O–H groups in total. The minimum atomic E-state index is 0.332. The first kappa shape index (κ1) is 17.2. The average molecular weight is 296 g/mol. The molecule has 21 heavy (non-hydrogen) atoms. The maximum atomic E-state index is 5.78. The average Bonchev–Trinajstić information content (AvgIpc) is 2.45. The minimum absolute atomic E-state index is 0.332. The van der Waals surface area contributed by atoms with Crippen molar-refractivity contribution >= 4 is 0 Å². The predicted octanol–water partition coefficient (Wildman–Crippen LogP) is 3.44. The molecule has 1 saturated heterocycles. The zero-order valence-corrected chi connectivity index (χ0v) is 14.7. The van der Waals surface area contributed by atoms with Crippen LogP contribution < -0.4 is 5.32 Å². The highest BCUT2D eigenvalue weighted by Gasteiger charge is 2.44. The maximum absolute atomic E-state index is 5.78. The Labute approximate surface area is 131 Å². The fraction of sp³-hybridized carbons (Fsp3) is 1.00. The zero-order valence-electron chi connectivity index (χ0n) is 14.7. The van der Waals surface area contributed by atoms with E-state index < -0.39 is 0 Å². The van der Waals surface area contributed by atoms with E-state index in [2.05, 4.69) is 37.9 Å². The van der Waals surface area contributed by atoms with Crippen molar-refractivity contribution in [2.45, 2.75) is 77.8 Å². The van der Waals surface area contributed by atoms with Gasteiger partial charge in [-0.15, -0.1) is 0 Å². The summed E-state index contributed by atoms with van der Waals surface area (Å²) in [6.07, 6.45) is 8.07. The highest BCUT2D eigenvalue weighted by atomic mass is 16.5. The molecule has 1 saturated carbocycles. The molecular formula is C18H36N2O. The predicted molar refractivity (Wildman–Crippen MR) is 89.7 cm³/mol. The summed E-state index contributed by atoms with van der Waals surface area (Å²) in [6, 6.07) is 0.594. The second-order valence-electron chi connectivity index (χ2n) is 8.14. The Bertz CT molecular complexity index is 305. The standard InChI is InChI=1S/C18H36N2O/c1-5-12-21-13-11-20-14-16(17(2,3)4)19-15-18(20)9-7-6-8-10-18/h16,19H,5-15H2,1-4H3. The van der Waals surface area contributed by atoms with Gasteiger partial charge in [0, 0.05) is 37.8 Å². The van der Waals surface area contributed by atoms with Gasteiger partial charge in [0.2, 0.25) is 0 Å². The van der Waals surface area contributed by atoms with Crippen molar-refractivity contribution in [3.05, 3.63) is 0 Å². The number of hydrogen-bond donors (Lipinski definition) is 1. The third-order valence-corrected chi connectivity index (χ3v) is 5.43. The van der Waals surface area contributed by atoms with Crippen LogP contribution in [0.25, 0.3) is 0 Å². The van der Waals surface area contributed by atoms with E-state index in [0.717, 1.165) is 26.2 Å². The SMILES string of the molecule is CCCOCCN1CC(C(C)(C)C)NCC12CCCCC2. The van der Waals surface area contributed by atoms with E-state index in [0.29, 0.717) is 17.0 Å². The van der Waals surface area contributed by atoms with Gasteiger partial charge in [0.05, 0.1) is 6.61 Å². The molecule has 1 aliphatic heterocycles. The van der Waals surface area contributed by atoms with Gasteiger partial charge in [-0.2, -0.15) is 0 Å². The molecule has 0 amide bonds. The molecule has 3 nitrogen and oxygen atoms in total. The monoisotopic (exact) mass is 296 g/mol.